The SMILES string of the molecule is CC(=O)Oc1cc2c(cc1C)CC[C@H]1C(=C2)CC[C@H](O)C1(C)C. The Hall–Kier alpha value is -1.61. The molecule has 2 aliphatic carbocycles. The van der Waals surface area contributed by atoms with Gasteiger partial charge in [-0.15, -0.1) is 0 Å². The van der Waals surface area contributed by atoms with Crippen molar-refractivity contribution in [3.8, 4) is 5.75 Å². The predicted molar refractivity (Wildman–Crippen MR) is 91.3 cm³/mol. The highest BCUT2D eigenvalue weighted by Gasteiger charge is 2.42. The lowest BCUT2D eigenvalue weighted by Crippen LogP contribution is -2.41. The van der Waals surface area contributed by atoms with Crippen LogP contribution in [0, 0.1) is 18.3 Å². The summed E-state index contributed by atoms with van der Waals surface area (Å²) in [6, 6.07) is 4.14. The van der Waals surface area contributed by atoms with Gasteiger partial charge in [-0.25, -0.2) is 0 Å². The summed E-state index contributed by atoms with van der Waals surface area (Å²) in [5.74, 6) is 0.784. The maximum absolute atomic E-state index is 11.3. The predicted octanol–water partition coefficient (Wildman–Crippen LogP) is 4.05. The fraction of sp³-hybridized carbons (Fsp3) is 0.550. The lowest BCUT2D eigenvalue weighted by atomic mass is 9.63. The number of allylic oxidation sites excluding steroid dienone is 1. The normalized spacial score (nSPS) is 25.7. The third kappa shape index (κ3) is 2.94. The van der Waals surface area contributed by atoms with Crippen molar-refractivity contribution in [3.63, 3.8) is 0 Å². The van der Waals surface area contributed by atoms with E-state index < -0.39 is 0 Å². The molecule has 0 radical (unpaired) electrons. The van der Waals surface area contributed by atoms with Crippen molar-refractivity contribution < 1.29 is 14.6 Å². The molecule has 1 aromatic carbocycles. The van der Waals surface area contributed by atoms with Gasteiger partial charge in [0, 0.05) is 6.92 Å². The Morgan fingerprint density at radius 3 is 2.70 bits per heavy atom. The number of esters is 1. The molecule has 0 saturated heterocycles. The summed E-state index contributed by atoms with van der Waals surface area (Å²) in [4.78, 5) is 11.3. The number of aliphatic hydroxyl groups is 1. The number of hydrogen-bond acceptors (Lipinski definition) is 3. The van der Waals surface area contributed by atoms with Gasteiger partial charge in [-0.1, -0.05) is 31.6 Å². The topological polar surface area (TPSA) is 46.5 Å². The summed E-state index contributed by atoms with van der Waals surface area (Å²) in [7, 11) is 0. The zero-order chi connectivity index (χ0) is 16.8. The molecular formula is C20H26O3. The Morgan fingerprint density at radius 1 is 1.26 bits per heavy atom. The third-order valence-corrected chi connectivity index (χ3v) is 5.64. The van der Waals surface area contributed by atoms with Crippen LogP contribution in [0.3, 0.4) is 0 Å². The van der Waals surface area contributed by atoms with Crippen molar-refractivity contribution in [3.05, 3.63) is 34.4 Å². The molecule has 0 spiro atoms. The summed E-state index contributed by atoms with van der Waals surface area (Å²) in [5, 5.41) is 10.4. The van der Waals surface area contributed by atoms with E-state index in [1.54, 1.807) is 0 Å². The van der Waals surface area contributed by atoms with E-state index >= 15 is 0 Å². The van der Waals surface area contributed by atoms with Crippen LogP contribution in [-0.2, 0) is 11.2 Å². The molecule has 2 aliphatic rings. The second-order valence-corrected chi connectivity index (χ2v) is 7.60. The highest BCUT2D eigenvalue weighted by atomic mass is 16.5. The minimum absolute atomic E-state index is 0.0834. The number of carbonyl (C=O) groups excluding carboxylic acids is 1. The molecule has 0 heterocycles. The first kappa shape index (κ1) is 16.3. The van der Waals surface area contributed by atoms with Gasteiger partial charge in [0.2, 0.25) is 0 Å². The van der Waals surface area contributed by atoms with Gasteiger partial charge >= 0.3 is 5.97 Å². The zero-order valence-electron chi connectivity index (χ0n) is 14.5. The molecule has 0 unspecified atom stereocenters. The van der Waals surface area contributed by atoms with Crippen LogP contribution in [0.2, 0.25) is 0 Å². The van der Waals surface area contributed by atoms with Crippen molar-refractivity contribution in [2.75, 3.05) is 0 Å². The highest BCUT2D eigenvalue weighted by molar-refractivity contribution is 5.71. The summed E-state index contributed by atoms with van der Waals surface area (Å²) in [6.45, 7) is 7.78. The number of carbonyl (C=O) groups is 1. The molecule has 124 valence electrons. The molecule has 1 aromatic rings. The van der Waals surface area contributed by atoms with Gasteiger partial charge in [0.1, 0.15) is 5.75 Å². The van der Waals surface area contributed by atoms with E-state index in [1.165, 1.54) is 18.1 Å². The Kier molecular flexibility index (Phi) is 4.09. The number of hydrogen-bond donors (Lipinski definition) is 1. The largest absolute Gasteiger partial charge is 0.426 e. The molecule has 1 N–H and O–H groups in total. The summed E-state index contributed by atoms with van der Waals surface area (Å²) < 4.78 is 5.34. The molecular weight excluding hydrogens is 288 g/mol. The molecule has 3 nitrogen and oxygen atoms in total. The fourth-order valence-corrected chi connectivity index (χ4v) is 4.17. The average molecular weight is 314 g/mol. The maximum atomic E-state index is 11.3. The smallest absolute Gasteiger partial charge is 0.308 e. The van der Waals surface area contributed by atoms with Crippen molar-refractivity contribution in [2.45, 2.75) is 59.5 Å². The van der Waals surface area contributed by atoms with Crippen molar-refractivity contribution in [2.24, 2.45) is 11.3 Å². The van der Waals surface area contributed by atoms with Crippen molar-refractivity contribution >= 4 is 12.0 Å². The number of ether oxygens (including phenoxy) is 1. The summed E-state index contributed by atoms with van der Waals surface area (Å²) >= 11 is 0. The number of rotatable bonds is 1. The molecule has 3 heteroatoms. The van der Waals surface area contributed by atoms with E-state index in [-0.39, 0.29) is 17.5 Å². The van der Waals surface area contributed by atoms with Gasteiger partial charge in [0.05, 0.1) is 6.10 Å². The minimum atomic E-state index is -0.283. The molecule has 1 fully saturated rings. The molecule has 3 rings (SSSR count). The summed E-state index contributed by atoms with van der Waals surface area (Å²) in [5.41, 5.74) is 4.82. The first-order chi connectivity index (χ1) is 10.8. The van der Waals surface area contributed by atoms with Crippen molar-refractivity contribution in [1.29, 1.82) is 0 Å². The second kappa shape index (κ2) is 5.79. The number of aliphatic hydroxyl groups excluding tert-OH is 1. The zero-order valence-corrected chi connectivity index (χ0v) is 14.5. The van der Waals surface area contributed by atoms with Gasteiger partial charge < -0.3 is 9.84 Å². The number of fused-ring (bicyclic) bond motifs is 2. The number of aryl methyl sites for hydroxylation is 2. The first-order valence-electron chi connectivity index (χ1n) is 8.49. The van der Waals surface area contributed by atoms with Crippen LogP contribution in [0.1, 0.15) is 56.7 Å². The van der Waals surface area contributed by atoms with E-state index in [9.17, 15) is 9.90 Å². The van der Waals surface area contributed by atoms with Crippen LogP contribution in [0.25, 0.3) is 6.08 Å². The van der Waals surface area contributed by atoms with Crippen LogP contribution >= 0.6 is 0 Å². The molecule has 0 bridgehead atoms. The minimum Gasteiger partial charge on any atom is -0.426 e. The maximum Gasteiger partial charge on any atom is 0.308 e. The van der Waals surface area contributed by atoms with E-state index in [4.69, 9.17) is 4.74 Å². The van der Waals surface area contributed by atoms with Gasteiger partial charge in [-0.3, -0.25) is 4.79 Å². The van der Waals surface area contributed by atoms with E-state index in [0.29, 0.717) is 11.7 Å². The monoisotopic (exact) mass is 314 g/mol. The van der Waals surface area contributed by atoms with E-state index in [2.05, 4.69) is 26.0 Å². The molecule has 0 aromatic heterocycles. The molecule has 0 aliphatic heterocycles. The fourth-order valence-electron chi connectivity index (χ4n) is 4.17. The van der Waals surface area contributed by atoms with Crippen LogP contribution in [0.4, 0.5) is 0 Å². The van der Waals surface area contributed by atoms with Gasteiger partial charge in [-0.05, 0) is 66.7 Å². The molecule has 23 heavy (non-hydrogen) atoms. The standard InChI is InChI=1S/C20H26O3/c1-12-9-14-5-7-17-15(6-8-19(22)20(17,3)4)10-16(14)11-18(12)23-13(2)21/h9-11,17,19,22H,5-8H2,1-4H3/t17-,19-/m0/s1. The average Bonchev–Trinajstić information content (AvgIpc) is 2.63. The van der Waals surface area contributed by atoms with Crippen LogP contribution in [-0.4, -0.2) is 17.2 Å². The highest BCUT2D eigenvalue weighted by Crippen LogP contribution is 2.48. The van der Waals surface area contributed by atoms with Gasteiger partial charge in [0.25, 0.3) is 0 Å². The Bertz CT molecular complexity index is 670. The first-order valence-corrected chi connectivity index (χ1v) is 8.49. The van der Waals surface area contributed by atoms with Crippen LogP contribution < -0.4 is 4.74 Å². The summed E-state index contributed by atoms with van der Waals surface area (Å²) in [6.07, 6.45) is 5.88. The molecule has 1 saturated carbocycles. The Labute approximate surface area is 138 Å². The molecule has 0 amide bonds. The lowest BCUT2D eigenvalue weighted by molar-refractivity contribution is -0.131. The third-order valence-electron chi connectivity index (χ3n) is 5.64. The van der Waals surface area contributed by atoms with Gasteiger partial charge in [-0.2, -0.15) is 0 Å². The van der Waals surface area contributed by atoms with Crippen molar-refractivity contribution in [1.82, 2.24) is 0 Å². The number of benzene rings is 1. The van der Waals surface area contributed by atoms with E-state index in [1.807, 2.05) is 13.0 Å². The van der Waals surface area contributed by atoms with Crippen LogP contribution in [0.15, 0.2) is 17.7 Å². The quantitative estimate of drug-likeness (QED) is 0.628. The van der Waals surface area contributed by atoms with Crippen LogP contribution in [0.5, 0.6) is 5.75 Å². The lowest BCUT2D eigenvalue weighted by Gasteiger charge is -2.44. The van der Waals surface area contributed by atoms with Gasteiger partial charge in [0.15, 0.2) is 0 Å². The van der Waals surface area contributed by atoms with E-state index in [0.717, 1.165) is 36.8 Å². The second-order valence-electron chi connectivity index (χ2n) is 7.60. The Morgan fingerprint density at radius 2 is 2.00 bits per heavy atom. The Balaban J connectivity index is 2.02. The molecule has 2 atom stereocenters.